The van der Waals surface area contributed by atoms with Gasteiger partial charge in [0.15, 0.2) is 18.1 Å². The van der Waals surface area contributed by atoms with Crippen molar-refractivity contribution in [1.82, 2.24) is 4.90 Å². The van der Waals surface area contributed by atoms with Crippen LogP contribution in [-0.2, 0) is 20.7 Å². The van der Waals surface area contributed by atoms with E-state index in [1.54, 1.807) is 24.1 Å². The average Bonchev–Trinajstić information content (AvgIpc) is 2.60. The van der Waals surface area contributed by atoms with Gasteiger partial charge in [-0.3, -0.25) is 9.59 Å². The average molecular weight is 414 g/mol. The fourth-order valence-corrected chi connectivity index (χ4v) is 3.35. The van der Waals surface area contributed by atoms with Gasteiger partial charge in [0.05, 0.1) is 20.6 Å². The fourth-order valence-electron chi connectivity index (χ4n) is 2.89. The number of esters is 1. The van der Waals surface area contributed by atoms with Crippen molar-refractivity contribution in [2.45, 2.75) is 26.2 Å². The number of hydrogen-bond acceptors (Lipinski definition) is 5. The molecule has 1 amide bonds. The van der Waals surface area contributed by atoms with Crippen molar-refractivity contribution < 1.29 is 23.8 Å². The number of rotatable bonds is 6. The van der Waals surface area contributed by atoms with E-state index in [1.807, 2.05) is 0 Å². The molecule has 1 aromatic carbocycles. The number of carbonyl (C=O) groups excluding carboxylic acids is 2. The monoisotopic (exact) mass is 413 g/mol. The molecule has 1 saturated heterocycles. The van der Waals surface area contributed by atoms with E-state index in [2.05, 4.69) is 22.9 Å². The first-order valence-electron chi connectivity index (χ1n) is 8.28. The van der Waals surface area contributed by atoms with Gasteiger partial charge in [0.2, 0.25) is 0 Å². The number of halogens is 1. The second-order valence-electron chi connectivity index (χ2n) is 6.22. The van der Waals surface area contributed by atoms with Crippen molar-refractivity contribution >= 4 is 27.8 Å². The van der Waals surface area contributed by atoms with Crippen LogP contribution in [0.15, 0.2) is 16.6 Å². The van der Waals surface area contributed by atoms with Crippen molar-refractivity contribution in [3.05, 3.63) is 22.2 Å². The lowest BCUT2D eigenvalue weighted by molar-refractivity contribution is -0.152. The molecule has 0 N–H and O–H groups in total. The summed E-state index contributed by atoms with van der Waals surface area (Å²) in [6, 6.07) is 3.46. The van der Waals surface area contributed by atoms with E-state index in [0.29, 0.717) is 23.0 Å². The van der Waals surface area contributed by atoms with E-state index in [4.69, 9.17) is 14.2 Å². The van der Waals surface area contributed by atoms with Crippen molar-refractivity contribution in [1.29, 1.82) is 0 Å². The molecular formula is C18H24BrNO5. The second kappa shape index (κ2) is 9.08. The molecule has 0 bridgehead atoms. The third-order valence-corrected chi connectivity index (χ3v) is 4.99. The van der Waals surface area contributed by atoms with Gasteiger partial charge >= 0.3 is 5.97 Å². The molecule has 1 heterocycles. The summed E-state index contributed by atoms with van der Waals surface area (Å²) in [6.07, 6.45) is 2.18. The van der Waals surface area contributed by atoms with E-state index in [0.717, 1.165) is 30.4 Å². The van der Waals surface area contributed by atoms with E-state index in [-0.39, 0.29) is 18.9 Å². The Kier molecular flexibility index (Phi) is 7.11. The Morgan fingerprint density at radius 2 is 1.92 bits per heavy atom. The highest BCUT2D eigenvalue weighted by Crippen LogP contribution is 2.33. The molecule has 0 saturated carbocycles. The summed E-state index contributed by atoms with van der Waals surface area (Å²) in [5, 5.41) is 0. The predicted octanol–water partition coefficient (Wildman–Crippen LogP) is 2.81. The van der Waals surface area contributed by atoms with Crippen LogP contribution in [0.25, 0.3) is 0 Å². The Hall–Kier alpha value is -1.76. The molecule has 6 nitrogen and oxygen atoms in total. The van der Waals surface area contributed by atoms with Gasteiger partial charge in [-0.25, -0.2) is 0 Å². The molecule has 1 aliphatic heterocycles. The maximum absolute atomic E-state index is 12.2. The van der Waals surface area contributed by atoms with Crippen molar-refractivity contribution in [3.63, 3.8) is 0 Å². The lowest BCUT2D eigenvalue weighted by Crippen LogP contribution is -2.41. The zero-order chi connectivity index (χ0) is 18.4. The molecule has 1 fully saturated rings. The van der Waals surface area contributed by atoms with Gasteiger partial charge in [0.1, 0.15) is 0 Å². The highest BCUT2D eigenvalue weighted by atomic mass is 79.9. The summed E-state index contributed by atoms with van der Waals surface area (Å²) < 4.78 is 16.3. The van der Waals surface area contributed by atoms with Crippen LogP contribution in [0.3, 0.4) is 0 Å². The number of ether oxygens (including phenoxy) is 3. The second-order valence-corrected chi connectivity index (χ2v) is 7.08. The molecule has 1 aliphatic rings. The highest BCUT2D eigenvalue weighted by Gasteiger charge is 2.22. The Bertz CT molecular complexity index is 634. The Labute approximate surface area is 156 Å². The molecule has 0 unspecified atom stereocenters. The largest absolute Gasteiger partial charge is 0.493 e. The fraction of sp³-hybridized carbons (Fsp3) is 0.556. The molecule has 0 aliphatic carbocycles. The quantitative estimate of drug-likeness (QED) is 0.670. The topological polar surface area (TPSA) is 65.1 Å². The first kappa shape index (κ1) is 19.6. The Morgan fingerprint density at radius 1 is 1.24 bits per heavy atom. The van der Waals surface area contributed by atoms with Crippen LogP contribution < -0.4 is 9.47 Å². The third kappa shape index (κ3) is 5.36. The molecule has 7 heteroatoms. The highest BCUT2D eigenvalue weighted by molar-refractivity contribution is 9.10. The summed E-state index contributed by atoms with van der Waals surface area (Å²) in [5.74, 6) is 1.02. The number of benzene rings is 1. The van der Waals surface area contributed by atoms with Crippen molar-refractivity contribution in [2.75, 3.05) is 33.9 Å². The molecule has 0 radical (unpaired) electrons. The van der Waals surface area contributed by atoms with Crippen LogP contribution in [0.4, 0.5) is 0 Å². The summed E-state index contributed by atoms with van der Waals surface area (Å²) in [5.41, 5.74) is 0.710. The minimum absolute atomic E-state index is 0.0463. The van der Waals surface area contributed by atoms with E-state index in [9.17, 15) is 9.59 Å². The summed E-state index contributed by atoms with van der Waals surface area (Å²) in [4.78, 5) is 26.0. The lowest BCUT2D eigenvalue weighted by atomic mass is 10.0. The number of amides is 1. The molecule has 1 aromatic rings. The lowest BCUT2D eigenvalue weighted by Gasteiger charge is -2.30. The zero-order valence-electron chi connectivity index (χ0n) is 14.8. The number of hydrogen-bond donors (Lipinski definition) is 0. The maximum Gasteiger partial charge on any atom is 0.310 e. The number of carbonyl (C=O) groups is 2. The van der Waals surface area contributed by atoms with E-state index in [1.165, 1.54) is 7.11 Å². The van der Waals surface area contributed by atoms with Gasteiger partial charge in [0, 0.05) is 17.6 Å². The van der Waals surface area contributed by atoms with Gasteiger partial charge in [0.25, 0.3) is 5.91 Å². The van der Waals surface area contributed by atoms with E-state index >= 15 is 0 Å². The minimum atomic E-state index is -0.452. The van der Waals surface area contributed by atoms with Crippen molar-refractivity contribution in [2.24, 2.45) is 5.92 Å². The van der Waals surface area contributed by atoms with Gasteiger partial charge in [-0.15, -0.1) is 0 Å². The Morgan fingerprint density at radius 3 is 2.56 bits per heavy atom. The van der Waals surface area contributed by atoms with Gasteiger partial charge < -0.3 is 19.1 Å². The van der Waals surface area contributed by atoms with Crippen LogP contribution in [-0.4, -0.2) is 50.7 Å². The third-order valence-electron chi connectivity index (χ3n) is 4.25. The normalized spacial score (nSPS) is 17.1. The van der Waals surface area contributed by atoms with Crippen molar-refractivity contribution in [3.8, 4) is 11.5 Å². The molecule has 138 valence electrons. The number of nitrogens with zero attached hydrogens (tertiary/aromatic N) is 1. The van der Waals surface area contributed by atoms with Gasteiger partial charge in [-0.2, -0.15) is 0 Å². The molecule has 0 spiro atoms. The maximum atomic E-state index is 12.2. The van der Waals surface area contributed by atoms with Gasteiger partial charge in [-0.05, 0) is 36.5 Å². The van der Waals surface area contributed by atoms with E-state index < -0.39 is 5.97 Å². The first-order valence-corrected chi connectivity index (χ1v) is 9.07. The Balaban J connectivity index is 1.91. The first-order chi connectivity index (χ1) is 11.9. The molecule has 1 atom stereocenters. The number of methoxy groups -OCH3 is 2. The van der Waals surface area contributed by atoms with Crippen LogP contribution >= 0.6 is 15.9 Å². The van der Waals surface area contributed by atoms with Crippen LogP contribution in [0, 0.1) is 5.92 Å². The van der Waals surface area contributed by atoms with Gasteiger partial charge in [-0.1, -0.05) is 22.9 Å². The smallest absolute Gasteiger partial charge is 0.310 e. The summed E-state index contributed by atoms with van der Waals surface area (Å²) in [6.45, 7) is 3.38. The molecule has 25 heavy (non-hydrogen) atoms. The van der Waals surface area contributed by atoms with Crippen LogP contribution in [0.2, 0.25) is 0 Å². The molecule has 2 rings (SSSR count). The van der Waals surface area contributed by atoms with Crippen LogP contribution in [0.5, 0.6) is 11.5 Å². The zero-order valence-corrected chi connectivity index (χ0v) is 16.4. The minimum Gasteiger partial charge on any atom is -0.493 e. The number of likely N-dealkylation sites (tertiary alicyclic amines) is 1. The number of piperidine rings is 1. The predicted molar refractivity (Wildman–Crippen MR) is 96.9 cm³/mol. The molecule has 0 aromatic heterocycles. The standard InChI is InChI=1S/C18H24BrNO5/c1-12-5-4-6-20(10-12)17(21)11-25-18(22)8-13-7-15(23-2)16(24-3)9-14(13)19/h7,9,12H,4-6,8,10-11H2,1-3H3/t12-/m0/s1. The van der Waals surface area contributed by atoms with Crippen LogP contribution in [0.1, 0.15) is 25.3 Å². The molecular weight excluding hydrogens is 390 g/mol. The SMILES string of the molecule is COc1cc(Br)c(CC(=O)OCC(=O)N2CCC[C@H](C)C2)cc1OC. The summed E-state index contributed by atoms with van der Waals surface area (Å²) in [7, 11) is 3.08. The summed E-state index contributed by atoms with van der Waals surface area (Å²) >= 11 is 3.41.